The summed E-state index contributed by atoms with van der Waals surface area (Å²) in [5, 5.41) is 11.3. The van der Waals surface area contributed by atoms with E-state index in [2.05, 4.69) is 11.8 Å². The number of ether oxygens (including phenoxy) is 2. The minimum Gasteiger partial charge on any atom is -0.388 e. The van der Waals surface area contributed by atoms with Crippen molar-refractivity contribution in [3.05, 3.63) is 0 Å². The van der Waals surface area contributed by atoms with Gasteiger partial charge in [0.05, 0.1) is 11.2 Å². The lowest BCUT2D eigenvalue weighted by Crippen LogP contribution is -2.51. The molecule has 4 rings (SSSR count). The second kappa shape index (κ2) is 5.19. The summed E-state index contributed by atoms with van der Waals surface area (Å²) >= 11 is 0. The van der Waals surface area contributed by atoms with Crippen LogP contribution in [0.4, 0.5) is 0 Å². The Balaban J connectivity index is 1.47. The van der Waals surface area contributed by atoms with Gasteiger partial charge in [0, 0.05) is 38.4 Å². The minimum absolute atomic E-state index is 0.00681. The molecule has 1 spiro atoms. The summed E-state index contributed by atoms with van der Waals surface area (Å²) < 4.78 is 11.7. The van der Waals surface area contributed by atoms with E-state index in [1.54, 1.807) is 0 Å². The van der Waals surface area contributed by atoms with Crippen molar-refractivity contribution >= 4 is 0 Å². The maximum atomic E-state index is 11.3. The Hall–Kier alpha value is -0.160. The molecule has 4 heteroatoms. The molecule has 4 fully saturated rings. The van der Waals surface area contributed by atoms with Gasteiger partial charge in [-0.3, -0.25) is 4.90 Å². The van der Waals surface area contributed by atoms with Crippen molar-refractivity contribution in [1.29, 1.82) is 0 Å². The third kappa shape index (κ3) is 2.65. The van der Waals surface area contributed by atoms with Crippen molar-refractivity contribution in [2.75, 3.05) is 26.4 Å². The fourth-order valence-electron chi connectivity index (χ4n) is 4.93. The van der Waals surface area contributed by atoms with Gasteiger partial charge in [0.25, 0.3) is 0 Å². The summed E-state index contributed by atoms with van der Waals surface area (Å²) in [5.41, 5.74) is -0.496. The van der Waals surface area contributed by atoms with Gasteiger partial charge < -0.3 is 14.6 Å². The van der Waals surface area contributed by atoms with Crippen LogP contribution in [0.5, 0.6) is 0 Å². The molecule has 1 aliphatic carbocycles. The van der Waals surface area contributed by atoms with E-state index in [0.29, 0.717) is 12.0 Å². The van der Waals surface area contributed by atoms with Gasteiger partial charge in [0.2, 0.25) is 0 Å². The van der Waals surface area contributed by atoms with Crippen LogP contribution in [-0.2, 0) is 9.47 Å². The number of hydrogen-bond donors (Lipinski definition) is 1. The molecule has 1 N–H and O–H groups in total. The van der Waals surface area contributed by atoms with Crippen LogP contribution < -0.4 is 0 Å². The zero-order valence-corrected chi connectivity index (χ0v) is 13.2. The topological polar surface area (TPSA) is 41.9 Å². The van der Waals surface area contributed by atoms with Crippen LogP contribution in [0.3, 0.4) is 0 Å². The van der Waals surface area contributed by atoms with Gasteiger partial charge in [0.15, 0.2) is 0 Å². The summed E-state index contributed by atoms with van der Waals surface area (Å²) in [6.07, 6.45) is 7.65. The van der Waals surface area contributed by atoms with Crippen LogP contribution in [-0.4, -0.2) is 59.7 Å². The molecule has 0 bridgehead atoms. The molecular formula is C17H29NO3. The Morgan fingerprint density at radius 3 is 2.52 bits per heavy atom. The van der Waals surface area contributed by atoms with Gasteiger partial charge >= 0.3 is 0 Å². The predicted molar refractivity (Wildman–Crippen MR) is 80.2 cm³/mol. The summed E-state index contributed by atoms with van der Waals surface area (Å²) in [6, 6.07) is 1.29. The molecular weight excluding hydrogens is 266 g/mol. The highest BCUT2D eigenvalue weighted by Crippen LogP contribution is 2.47. The Bertz CT molecular complexity index is 386. The van der Waals surface area contributed by atoms with Gasteiger partial charge in [-0.05, 0) is 57.8 Å². The van der Waals surface area contributed by atoms with Gasteiger partial charge in [-0.15, -0.1) is 0 Å². The Morgan fingerprint density at radius 2 is 1.81 bits per heavy atom. The molecule has 0 amide bonds. The van der Waals surface area contributed by atoms with Crippen LogP contribution in [0.15, 0.2) is 0 Å². The molecule has 0 radical (unpaired) electrons. The first-order chi connectivity index (χ1) is 10.1. The van der Waals surface area contributed by atoms with E-state index >= 15 is 0 Å². The first-order valence-electron chi connectivity index (χ1n) is 8.80. The second-order valence-electron chi connectivity index (χ2n) is 7.89. The number of rotatable bonds is 2. The van der Waals surface area contributed by atoms with E-state index in [1.807, 2.05) is 0 Å². The molecule has 21 heavy (non-hydrogen) atoms. The SMILES string of the molecule is CC1CC(O)(C2CCOC3(CCOCC3)C2)CN1C1CC1. The quantitative estimate of drug-likeness (QED) is 0.845. The van der Waals surface area contributed by atoms with Crippen LogP contribution in [0.25, 0.3) is 0 Å². The lowest BCUT2D eigenvalue weighted by molar-refractivity contribution is -0.173. The largest absolute Gasteiger partial charge is 0.388 e. The molecule has 3 atom stereocenters. The highest BCUT2D eigenvalue weighted by atomic mass is 16.5. The maximum Gasteiger partial charge on any atom is 0.0818 e. The lowest BCUT2D eigenvalue weighted by atomic mass is 9.72. The van der Waals surface area contributed by atoms with Crippen molar-refractivity contribution in [3.63, 3.8) is 0 Å². The number of hydrogen-bond acceptors (Lipinski definition) is 4. The Kier molecular flexibility index (Phi) is 3.57. The molecule has 3 heterocycles. The molecule has 0 aromatic carbocycles. The molecule has 1 saturated carbocycles. The second-order valence-corrected chi connectivity index (χ2v) is 7.89. The fraction of sp³-hybridized carbons (Fsp3) is 1.00. The molecule has 3 aliphatic heterocycles. The van der Waals surface area contributed by atoms with E-state index in [1.165, 1.54) is 12.8 Å². The third-order valence-electron chi connectivity index (χ3n) is 6.34. The van der Waals surface area contributed by atoms with Crippen LogP contribution in [0, 0.1) is 5.92 Å². The number of aliphatic hydroxyl groups is 1. The zero-order chi connectivity index (χ0) is 14.5. The zero-order valence-electron chi connectivity index (χ0n) is 13.2. The summed E-state index contributed by atoms with van der Waals surface area (Å²) in [6.45, 7) is 5.62. The van der Waals surface area contributed by atoms with E-state index in [9.17, 15) is 5.11 Å². The Morgan fingerprint density at radius 1 is 1.05 bits per heavy atom. The van der Waals surface area contributed by atoms with Gasteiger partial charge in [0.1, 0.15) is 0 Å². The van der Waals surface area contributed by atoms with Crippen LogP contribution in [0.1, 0.15) is 51.9 Å². The highest BCUT2D eigenvalue weighted by molar-refractivity contribution is 5.06. The molecule has 0 aromatic rings. The van der Waals surface area contributed by atoms with E-state index in [0.717, 1.165) is 64.5 Å². The third-order valence-corrected chi connectivity index (χ3v) is 6.34. The summed E-state index contributed by atoms with van der Waals surface area (Å²) in [4.78, 5) is 2.56. The molecule has 120 valence electrons. The average molecular weight is 295 g/mol. The lowest BCUT2D eigenvalue weighted by Gasteiger charge is -2.47. The number of likely N-dealkylation sites (tertiary alicyclic amines) is 1. The maximum absolute atomic E-state index is 11.3. The van der Waals surface area contributed by atoms with Crippen molar-refractivity contribution in [1.82, 2.24) is 4.90 Å². The first kappa shape index (κ1) is 14.4. The fourth-order valence-corrected chi connectivity index (χ4v) is 4.93. The van der Waals surface area contributed by atoms with E-state index in [-0.39, 0.29) is 5.60 Å². The molecule has 3 unspecified atom stereocenters. The summed E-state index contributed by atoms with van der Waals surface area (Å²) in [7, 11) is 0. The highest BCUT2D eigenvalue weighted by Gasteiger charge is 2.53. The van der Waals surface area contributed by atoms with Gasteiger partial charge in [-0.2, -0.15) is 0 Å². The van der Waals surface area contributed by atoms with Gasteiger partial charge in [-0.1, -0.05) is 0 Å². The van der Waals surface area contributed by atoms with Crippen LogP contribution in [0.2, 0.25) is 0 Å². The van der Waals surface area contributed by atoms with Crippen molar-refractivity contribution in [2.45, 2.75) is 75.2 Å². The monoisotopic (exact) mass is 295 g/mol. The molecule has 4 nitrogen and oxygen atoms in total. The normalized spacial score (nSPS) is 44.3. The predicted octanol–water partition coefficient (Wildman–Crippen LogP) is 1.95. The van der Waals surface area contributed by atoms with Crippen LogP contribution >= 0.6 is 0 Å². The van der Waals surface area contributed by atoms with E-state index < -0.39 is 5.60 Å². The van der Waals surface area contributed by atoms with Crippen molar-refractivity contribution in [3.8, 4) is 0 Å². The number of nitrogens with zero attached hydrogens (tertiary/aromatic N) is 1. The molecule has 4 aliphatic rings. The van der Waals surface area contributed by atoms with Crippen molar-refractivity contribution in [2.24, 2.45) is 5.92 Å². The van der Waals surface area contributed by atoms with E-state index in [4.69, 9.17) is 9.47 Å². The number of β-amino-alcohol motifs (C(OH)–C–C–N with tert-alkyl or cyclic N) is 1. The Labute approximate surface area is 127 Å². The van der Waals surface area contributed by atoms with Crippen molar-refractivity contribution < 1.29 is 14.6 Å². The summed E-state index contributed by atoms with van der Waals surface area (Å²) in [5.74, 6) is 0.399. The average Bonchev–Trinajstić information content (AvgIpc) is 3.26. The standard InChI is InChI=1S/C17H29NO3/c1-13-10-17(19,12-18(13)15-2-3-15)14-4-7-21-16(11-14)5-8-20-9-6-16/h13-15,19H,2-12H2,1H3. The minimum atomic E-state index is -0.489. The first-order valence-corrected chi connectivity index (χ1v) is 8.80. The molecule has 0 aromatic heterocycles. The molecule has 3 saturated heterocycles. The smallest absolute Gasteiger partial charge is 0.0818 e. The van der Waals surface area contributed by atoms with Gasteiger partial charge in [-0.25, -0.2) is 0 Å².